The van der Waals surface area contributed by atoms with E-state index in [1.807, 2.05) is 102 Å². The van der Waals surface area contributed by atoms with Crippen LogP contribution < -0.4 is 0 Å². The SMILES string of the molecule is O=C(Cc1ccccc1)N1C=CC(O)(Cc2ccccc2)C(Cc2ccccc2)C1Cc1ccccc1. The van der Waals surface area contributed by atoms with E-state index in [4.69, 9.17) is 0 Å². The quantitative estimate of drug-likeness (QED) is 0.330. The van der Waals surface area contributed by atoms with Crippen LogP contribution in [0.25, 0.3) is 0 Å². The molecule has 0 bridgehead atoms. The molecule has 0 aromatic heterocycles. The van der Waals surface area contributed by atoms with Crippen LogP contribution in [0, 0.1) is 5.92 Å². The molecular weight excluding hydrogens is 454 g/mol. The van der Waals surface area contributed by atoms with Crippen molar-refractivity contribution in [2.75, 3.05) is 0 Å². The predicted molar refractivity (Wildman–Crippen MR) is 149 cm³/mol. The number of carbonyl (C=O) groups is 1. The van der Waals surface area contributed by atoms with Gasteiger partial charge in [0.25, 0.3) is 0 Å². The Balaban J connectivity index is 1.55. The number of amides is 1. The van der Waals surface area contributed by atoms with Gasteiger partial charge < -0.3 is 10.0 Å². The first-order chi connectivity index (χ1) is 18.1. The molecule has 0 saturated heterocycles. The lowest BCUT2D eigenvalue weighted by molar-refractivity contribution is -0.134. The topological polar surface area (TPSA) is 40.5 Å². The average Bonchev–Trinajstić information content (AvgIpc) is 2.93. The molecule has 5 rings (SSSR count). The summed E-state index contributed by atoms with van der Waals surface area (Å²) in [4.78, 5) is 15.6. The van der Waals surface area contributed by atoms with E-state index in [0.717, 1.165) is 22.3 Å². The largest absolute Gasteiger partial charge is 0.385 e. The predicted octanol–water partition coefficient (Wildman–Crippen LogP) is 6.03. The highest BCUT2D eigenvalue weighted by atomic mass is 16.3. The minimum absolute atomic E-state index is 0.0446. The highest BCUT2D eigenvalue weighted by Crippen LogP contribution is 2.38. The highest BCUT2D eigenvalue weighted by Gasteiger charge is 2.45. The molecule has 1 aliphatic rings. The van der Waals surface area contributed by atoms with E-state index in [9.17, 15) is 9.90 Å². The lowest BCUT2D eigenvalue weighted by Gasteiger charge is -2.47. The van der Waals surface area contributed by atoms with Gasteiger partial charge in [-0.25, -0.2) is 0 Å². The molecule has 3 heteroatoms. The minimum Gasteiger partial charge on any atom is -0.385 e. The maximum absolute atomic E-state index is 13.7. The molecule has 0 saturated carbocycles. The first-order valence-electron chi connectivity index (χ1n) is 13.0. The van der Waals surface area contributed by atoms with Gasteiger partial charge in [-0.3, -0.25) is 4.79 Å². The Labute approximate surface area is 219 Å². The van der Waals surface area contributed by atoms with Gasteiger partial charge in [0, 0.05) is 24.6 Å². The van der Waals surface area contributed by atoms with E-state index in [2.05, 4.69) is 36.4 Å². The zero-order valence-corrected chi connectivity index (χ0v) is 21.0. The Morgan fingerprint density at radius 1 is 0.649 bits per heavy atom. The monoisotopic (exact) mass is 487 g/mol. The second-order valence-electron chi connectivity index (χ2n) is 9.99. The zero-order valence-electron chi connectivity index (χ0n) is 21.0. The molecule has 3 unspecified atom stereocenters. The Morgan fingerprint density at radius 3 is 1.65 bits per heavy atom. The molecule has 0 radical (unpaired) electrons. The molecule has 3 atom stereocenters. The van der Waals surface area contributed by atoms with Crippen molar-refractivity contribution in [2.45, 2.75) is 37.3 Å². The number of hydrogen-bond acceptors (Lipinski definition) is 2. The summed E-state index contributed by atoms with van der Waals surface area (Å²) in [6, 6.07) is 40.4. The highest BCUT2D eigenvalue weighted by molar-refractivity contribution is 5.80. The number of aliphatic hydroxyl groups is 1. The van der Waals surface area contributed by atoms with Crippen molar-refractivity contribution in [1.82, 2.24) is 4.90 Å². The molecule has 0 aliphatic carbocycles. The summed E-state index contributed by atoms with van der Waals surface area (Å²) in [7, 11) is 0. The lowest BCUT2D eigenvalue weighted by atomic mass is 9.71. The molecule has 1 N–H and O–H groups in total. The van der Waals surface area contributed by atoms with E-state index in [1.165, 1.54) is 0 Å². The summed E-state index contributed by atoms with van der Waals surface area (Å²) in [6.45, 7) is 0. The van der Waals surface area contributed by atoms with Crippen molar-refractivity contribution in [3.63, 3.8) is 0 Å². The van der Waals surface area contributed by atoms with Crippen molar-refractivity contribution in [3.05, 3.63) is 156 Å². The Bertz CT molecular complexity index is 1310. The number of rotatable bonds is 8. The molecule has 4 aromatic rings. The summed E-state index contributed by atoms with van der Waals surface area (Å²) >= 11 is 0. The molecule has 186 valence electrons. The van der Waals surface area contributed by atoms with Gasteiger partial charge >= 0.3 is 0 Å². The molecule has 1 aliphatic heterocycles. The summed E-state index contributed by atoms with van der Waals surface area (Å²) in [6.07, 6.45) is 5.85. The molecule has 1 amide bonds. The van der Waals surface area contributed by atoms with Crippen LogP contribution in [0.1, 0.15) is 22.3 Å². The number of benzene rings is 4. The summed E-state index contributed by atoms with van der Waals surface area (Å²) in [5, 5.41) is 12.3. The maximum Gasteiger partial charge on any atom is 0.231 e. The van der Waals surface area contributed by atoms with Crippen LogP contribution in [-0.2, 0) is 30.5 Å². The molecule has 1 heterocycles. The minimum atomic E-state index is -1.10. The first kappa shape index (κ1) is 24.7. The van der Waals surface area contributed by atoms with Crippen LogP contribution in [0.2, 0.25) is 0 Å². The number of nitrogens with zero attached hydrogens (tertiary/aromatic N) is 1. The van der Waals surface area contributed by atoms with E-state index >= 15 is 0 Å². The van der Waals surface area contributed by atoms with Crippen LogP contribution in [0.4, 0.5) is 0 Å². The summed E-state index contributed by atoms with van der Waals surface area (Å²) < 4.78 is 0. The van der Waals surface area contributed by atoms with Gasteiger partial charge in [0.15, 0.2) is 0 Å². The number of hydrogen-bond donors (Lipinski definition) is 1. The van der Waals surface area contributed by atoms with Crippen molar-refractivity contribution < 1.29 is 9.90 Å². The van der Waals surface area contributed by atoms with Gasteiger partial charge in [-0.05, 0) is 41.2 Å². The van der Waals surface area contributed by atoms with Crippen molar-refractivity contribution in [2.24, 2.45) is 5.92 Å². The summed E-state index contributed by atoms with van der Waals surface area (Å²) in [5.74, 6) is -0.150. The van der Waals surface area contributed by atoms with Gasteiger partial charge in [0.05, 0.1) is 12.0 Å². The van der Waals surface area contributed by atoms with Crippen LogP contribution in [0.15, 0.2) is 134 Å². The third-order valence-electron chi connectivity index (χ3n) is 7.39. The van der Waals surface area contributed by atoms with E-state index in [1.54, 1.807) is 0 Å². The van der Waals surface area contributed by atoms with Crippen LogP contribution in [-0.4, -0.2) is 27.6 Å². The fraction of sp³-hybridized carbons (Fsp3) is 0.206. The van der Waals surface area contributed by atoms with Gasteiger partial charge in [-0.1, -0.05) is 121 Å². The number of carbonyl (C=O) groups excluding carboxylic acids is 1. The lowest BCUT2D eigenvalue weighted by Crippen LogP contribution is -2.57. The molecule has 4 aromatic carbocycles. The van der Waals surface area contributed by atoms with Crippen molar-refractivity contribution in [1.29, 1.82) is 0 Å². The van der Waals surface area contributed by atoms with E-state index in [0.29, 0.717) is 25.7 Å². The Hall–Kier alpha value is -3.95. The molecule has 0 spiro atoms. The second kappa shape index (κ2) is 11.4. The van der Waals surface area contributed by atoms with Gasteiger partial charge in [0.2, 0.25) is 5.91 Å². The Morgan fingerprint density at radius 2 is 1.11 bits per heavy atom. The van der Waals surface area contributed by atoms with Gasteiger partial charge in [-0.2, -0.15) is 0 Å². The summed E-state index contributed by atoms with van der Waals surface area (Å²) in [5.41, 5.74) is 3.28. The van der Waals surface area contributed by atoms with Crippen LogP contribution in [0.5, 0.6) is 0 Å². The molecule has 0 fully saturated rings. The zero-order chi connectivity index (χ0) is 25.5. The maximum atomic E-state index is 13.7. The third kappa shape index (κ3) is 6.07. The fourth-order valence-electron chi connectivity index (χ4n) is 5.49. The first-order valence-corrected chi connectivity index (χ1v) is 13.0. The van der Waals surface area contributed by atoms with Gasteiger partial charge in [0.1, 0.15) is 0 Å². The fourth-order valence-corrected chi connectivity index (χ4v) is 5.49. The van der Waals surface area contributed by atoms with E-state index < -0.39 is 5.60 Å². The van der Waals surface area contributed by atoms with Crippen molar-refractivity contribution in [3.8, 4) is 0 Å². The smallest absolute Gasteiger partial charge is 0.231 e. The van der Waals surface area contributed by atoms with Gasteiger partial charge in [-0.15, -0.1) is 0 Å². The molecule has 3 nitrogen and oxygen atoms in total. The van der Waals surface area contributed by atoms with Crippen LogP contribution >= 0.6 is 0 Å². The molecule has 37 heavy (non-hydrogen) atoms. The average molecular weight is 488 g/mol. The second-order valence-corrected chi connectivity index (χ2v) is 9.99. The van der Waals surface area contributed by atoms with Crippen molar-refractivity contribution >= 4 is 5.91 Å². The third-order valence-corrected chi connectivity index (χ3v) is 7.39. The standard InChI is InChI=1S/C34H33NO2/c36-33(25-29-17-9-3-10-18-29)35-22-21-34(37,26-30-19-11-4-12-20-30)31(23-27-13-5-1-6-14-27)32(35)24-28-15-7-2-8-16-28/h1-22,31-32,37H,23-26H2. The molecular formula is C34H33NO2. The normalized spacial score (nSPS) is 21.1. The Kier molecular flexibility index (Phi) is 7.62. The van der Waals surface area contributed by atoms with E-state index in [-0.39, 0.29) is 17.9 Å². The van der Waals surface area contributed by atoms with Crippen LogP contribution in [0.3, 0.4) is 0 Å².